The lowest BCUT2D eigenvalue weighted by Crippen LogP contribution is -2.18. The smallest absolute Gasteiger partial charge is 0.191 e. The van der Waals surface area contributed by atoms with Crippen LogP contribution in [-0.4, -0.2) is 33.2 Å². The molecule has 1 aliphatic rings. The highest BCUT2D eigenvalue weighted by Gasteiger charge is 2.16. The van der Waals surface area contributed by atoms with E-state index in [-0.39, 0.29) is 18.6 Å². The van der Waals surface area contributed by atoms with E-state index >= 15 is 0 Å². The lowest BCUT2D eigenvalue weighted by atomic mass is 10.3. The van der Waals surface area contributed by atoms with Crippen LogP contribution in [0, 0.1) is 5.82 Å². The number of hydrogen-bond acceptors (Lipinski definition) is 4. The van der Waals surface area contributed by atoms with Gasteiger partial charge in [-0.25, -0.2) is 4.39 Å². The highest BCUT2D eigenvalue weighted by atomic mass is 19.1. The number of benzene rings is 1. The minimum Gasteiger partial charge on any atom is -0.494 e. The Balaban J connectivity index is 1.91. The summed E-state index contributed by atoms with van der Waals surface area (Å²) >= 11 is 0. The van der Waals surface area contributed by atoms with Crippen LogP contribution in [0.3, 0.4) is 0 Å². The predicted octanol–water partition coefficient (Wildman–Crippen LogP) is 1.59. The van der Waals surface area contributed by atoms with Crippen molar-refractivity contribution >= 4 is 0 Å². The first-order chi connectivity index (χ1) is 7.79. The number of hydrogen-bond donors (Lipinski definition) is 0. The molecule has 0 unspecified atom stereocenters. The van der Waals surface area contributed by atoms with E-state index in [4.69, 9.17) is 18.9 Å². The molecule has 0 spiro atoms. The Kier molecular flexibility index (Phi) is 3.58. The molecule has 0 N–H and O–H groups in total. The van der Waals surface area contributed by atoms with Crippen LogP contribution in [0.2, 0.25) is 0 Å². The van der Waals surface area contributed by atoms with Crippen LogP contribution in [0.1, 0.15) is 0 Å². The van der Waals surface area contributed by atoms with E-state index in [9.17, 15) is 4.39 Å². The SMILES string of the molecule is COc1ccc(OCC2OCCO2)cc1F. The summed E-state index contributed by atoms with van der Waals surface area (Å²) in [6.45, 7) is 1.40. The monoisotopic (exact) mass is 228 g/mol. The third-order valence-electron chi connectivity index (χ3n) is 2.20. The Morgan fingerprint density at radius 3 is 2.75 bits per heavy atom. The summed E-state index contributed by atoms with van der Waals surface area (Å²) in [5.74, 6) is 0.173. The van der Waals surface area contributed by atoms with Crippen LogP contribution in [-0.2, 0) is 9.47 Å². The van der Waals surface area contributed by atoms with Crippen LogP contribution < -0.4 is 9.47 Å². The van der Waals surface area contributed by atoms with Gasteiger partial charge >= 0.3 is 0 Å². The zero-order valence-corrected chi connectivity index (χ0v) is 8.94. The molecule has 0 aromatic heterocycles. The zero-order chi connectivity index (χ0) is 11.4. The Hall–Kier alpha value is -1.33. The predicted molar refractivity (Wildman–Crippen MR) is 54.1 cm³/mol. The van der Waals surface area contributed by atoms with Crippen molar-refractivity contribution in [3.05, 3.63) is 24.0 Å². The summed E-state index contributed by atoms with van der Waals surface area (Å²) in [5.41, 5.74) is 0. The summed E-state index contributed by atoms with van der Waals surface area (Å²) < 4.78 is 33.8. The Labute approximate surface area is 92.9 Å². The van der Waals surface area contributed by atoms with Gasteiger partial charge in [-0.05, 0) is 12.1 Å². The second-order valence-electron chi connectivity index (χ2n) is 3.28. The van der Waals surface area contributed by atoms with E-state index in [1.165, 1.54) is 19.2 Å². The largest absolute Gasteiger partial charge is 0.494 e. The van der Waals surface area contributed by atoms with Gasteiger partial charge in [0.1, 0.15) is 12.4 Å². The molecule has 4 nitrogen and oxygen atoms in total. The minimum absolute atomic E-state index is 0.195. The Morgan fingerprint density at radius 2 is 2.12 bits per heavy atom. The standard InChI is InChI=1S/C11H13FO4/c1-13-10-3-2-8(6-9(10)12)16-7-11-14-4-5-15-11/h2-3,6,11H,4-5,7H2,1H3. The van der Waals surface area contributed by atoms with Crippen molar-refractivity contribution in [1.29, 1.82) is 0 Å². The molecule has 1 fully saturated rings. The molecule has 1 aromatic carbocycles. The van der Waals surface area contributed by atoms with Gasteiger partial charge in [-0.1, -0.05) is 0 Å². The van der Waals surface area contributed by atoms with Gasteiger partial charge in [0, 0.05) is 6.07 Å². The van der Waals surface area contributed by atoms with Crippen LogP contribution in [0.4, 0.5) is 4.39 Å². The normalized spacial score (nSPS) is 16.4. The lowest BCUT2D eigenvalue weighted by Gasteiger charge is -2.11. The van der Waals surface area contributed by atoms with Gasteiger partial charge in [0.15, 0.2) is 17.9 Å². The Bertz CT molecular complexity index is 350. The van der Waals surface area contributed by atoms with Crippen molar-refractivity contribution in [2.24, 2.45) is 0 Å². The van der Waals surface area contributed by atoms with Crippen molar-refractivity contribution < 1.29 is 23.3 Å². The molecule has 88 valence electrons. The summed E-state index contributed by atoms with van der Waals surface area (Å²) in [6.07, 6.45) is -0.356. The highest BCUT2D eigenvalue weighted by molar-refractivity contribution is 5.32. The van der Waals surface area contributed by atoms with Crippen molar-refractivity contribution in [2.75, 3.05) is 26.9 Å². The molecule has 1 heterocycles. The van der Waals surface area contributed by atoms with Gasteiger partial charge in [-0.2, -0.15) is 0 Å². The number of ether oxygens (including phenoxy) is 4. The molecule has 2 rings (SSSR count). The van der Waals surface area contributed by atoms with E-state index < -0.39 is 5.82 Å². The summed E-state index contributed by atoms with van der Waals surface area (Å²) in [4.78, 5) is 0. The quantitative estimate of drug-likeness (QED) is 0.784. The first-order valence-electron chi connectivity index (χ1n) is 4.99. The maximum absolute atomic E-state index is 13.3. The fourth-order valence-electron chi connectivity index (χ4n) is 1.40. The molecule has 0 radical (unpaired) electrons. The fourth-order valence-corrected chi connectivity index (χ4v) is 1.40. The van der Waals surface area contributed by atoms with Gasteiger partial charge in [0.05, 0.1) is 20.3 Å². The van der Waals surface area contributed by atoms with E-state index in [2.05, 4.69) is 0 Å². The van der Waals surface area contributed by atoms with Gasteiger partial charge in [-0.15, -0.1) is 0 Å². The average Bonchev–Trinajstić information content (AvgIpc) is 2.79. The molecule has 0 atom stereocenters. The van der Waals surface area contributed by atoms with Crippen LogP contribution >= 0.6 is 0 Å². The topological polar surface area (TPSA) is 36.9 Å². The second-order valence-corrected chi connectivity index (χ2v) is 3.28. The first-order valence-corrected chi connectivity index (χ1v) is 4.99. The van der Waals surface area contributed by atoms with E-state index in [0.717, 1.165) is 0 Å². The third kappa shape index (κ3) is 2.62. The molecule has 1 aliphatic heterocycles. The van der Waals surface area contributed by atoms with E-state index in [1.807, 2.05) is 0 Å². The van der Waals surface area contributed by atoms with Gasteiger partial charge in [0.2, 0.25) is 0 Å². The number of halogens is 1. The first kappa shape index (κ1) is 11.2. The van der Waals surface area contributed by atoms with Gasteiger partial charge in [-0.3, -0.25) is 0 Å². The van der Waals surface area contributed by atoms with E-state index in [1.54, 1.807) is 6.07 Å². The Morgan fingerprint density at radius 1 is 1.38 bits per heavy atom. The molecule has 0 amide bonds. The van der Waals surface area contributed by atoms with Crippen LogP contribution in [0.15, 0.2) is 18.2 Å². The van der Waals surface area contributed by atoms with Crippen LogP contribution in [0.5, 0.6) is 11.5 Å². The maximum Gasteiger partial charge on any atom is 0.191 e. The molecule has 1 aromatic rings. The second kappa shape index (κ2) is 5.14. The van der Waals surface area contributed by atoms with Gasteiger partial charge < -0.3 is 18.9 Å². The number of rotatable bonds is 4. The van der Waals surface area contributed by atoms with Gasteiger partial charge in [0.25, 0.3) is 0 Å². The van der Waals surface area contributed by atoms with Crippen molar-refractivity contribution in [3.8, 4) is 11.5 Å². The third-order valence-corrected chi connectivity index (χ3v) is 2.20. The molecule has 16 heavy (non-hydrogen) atoms. The molecule has 1 saturated heterocycles. The average molecular weight is 228 g/mol. The molecular weight excluding hydrogens is 215 g/mol. The van der Waals surface area contributed by atoms with Crippen molar-refractivity contribution in [1.82, 2.24) is 0 Å². The van der Waals surface area contributed by atoms with Crippen molar-refractivity contribution in [2.45, 2.75) is 6.29 Å². The van der Waals surface area contributed by atoms with E-state index in [0.29, 0.717) is 19.0 Å². The molecule has 0 saturated carbocycles. The van der Waals surface area contributed by atoms with Crippen molar-refractivity contribution in [3.63, 3.8) is 0 Å². The molecule has 0 aliphatic carbocycles. The molecule has 0 bridgehead atoms. The summed E-state index contributed by atoms with van der Waals surface area (Å²) in [7, 11) is 1.42. The van der Waals surface area contributed by atoms with Crippen LogP contribution in [0.25, 0.3) is 0 Å². The summed E-state index contributed by atoms with van der Waals surface area (Å²) in [6, 6.07) is 4.42. The number of methoxy groups -OCH3 is 1. The molecular formula is C11H13FO4. The summed E-state index contributed by atoms with van der Waals surface area (Å²) in [5, 5.41) is 0. The fraction of sp³-hybridized carbons (Fsp3) is 0.455. The maximum atomic E-state index is 13.3. The highest BCUT2D eigenvalue weighted by Crippen LogP contribution is 2.22. The molecule has 5 heteroatoms. The zero-order valence-electron chi connectivity index (χ0n) is 8.94. The lowest BCUT2D eigenvalue weighted by molar-refractivity contribution is -0.0684. The minimum atomic E-state index is -0.451.